The van der Waals surface area contributed by atoms with Crippen LogP contribution in [0.4, 0.5) is 4.39 Å². The van der Waals surface area contributed by atoms with Crippen LogP contribution in [0, 0.1) is 12.7 Å². The fourth-order valence-corrected chi connectivity index (χ4v) is 2.77. The molecule has 0 saturated carbocycles. The van der Waals surface area contributed by atoms with E-state index in [4.69, 9.17) is 10.2 Å². The van der Waals surface area contributed by atoms with E-state index in [-0.39, 0.29) is 0 Å². The molecule has 1 aromatic rings. The molecular weight excluding hydrogens is 293 g/mol. The Kier molecular flexibility index (Phi) is 4.79. The number of halogens is 1. The standard InChI is InChI=1S/C11H12FNO6S/c1-6-2-3-7(12)9(4-6)20(18,19)13-8(11(16)17)5-10(14)15/h2-4,8,13H,5H2,1H3,(H,14,15)(H,16,17)/t8-/m1/s1. The van der Waals surface area contributed by atoms with Crippen molar-refractivity contribution >= 4 is 22.0 Å². The van der Waals surface area contributed by atoms with E-state index in [9.17, 15) is 22.4 Å². The molecule has 9 heteroatoms. The van der Waals surface area contributed by atoms with Gasteiger partial charge in [-0.1, -0.05) is 6.07 Å². The summed E-state index contributed by atoms with van der Waals surface area (Å²) in [4.78, 5) is 20.6. The van der Waals surface area contributed by atoms with E-state index in [1.807, 2.05) is 0 Å². The lowest BCUT2D eigenvalue weighted by atomic mass is 10.2. The summed E-state index contributed by atoms with van der Waals surface area (Å²) in [7, 11) is -4.47. The van der Waals surface area contributed by atoms with Crippen molar-refractivity contribution in [3.8, 4) is 0 Å². The molecule has 1 rings (SSSR count). The summed E-state index contributed by atoms with van der Waals surface area (Å²) < 4.78 is 38.9. The van der Waals surface area contributed by atoms with Crippen molar-refractivity contribution in [2.45, 2.75) is 24.3 Å². The third-order valence-corrected chi connectivity index (χ3v) is 3.84. The van der Waals surface area contributed by atoms with E-state index < -0.39 is 45.1 Å². The molecule has 20 heavy (non-hydrogen) atoms. The number of aryl methyl sites for hydroxylation is 1. The normalized spacial score (nSPS) is 12.9. The first kappa shape index (κ1) is 16.1. The second-order valence-corrected chi connectivity index (χ2v) is 5.73. The number of hydrogen-bond acceptors (Lipinski definition) is 4. The van der Waals surface area contributed by atoms with Crippen LogP contribution >= 0.6 is 0 Å². The summed E-state index contributed by atoms with van der Waals surface area (Å²) >= 11 is 0. The average molecular weight is 305 g/mol. The van der Waals surface area contributed by atoms with Gasteiger partial charge in [-0.3, -0.25) is 9.59 Å². The Hall–Kier alpha value is -2.00. The SMILES string of the molecule is Cc1ccc(F)c(S(=O)(=O)N[C@H](CC(=O)O)C(=O)O)c1. The zero-order valence-electron chi connectivity index (χ0n) is 10.3. The Morgan fingerprint density at radius 1 is 1.35 bits per heavy atom. The predicted molar refractivity (Wildman–Crippen MR) is 65.1 cm³/mol. The number of benzene rings is 1. The smallest absolute Gasteiger partial charge is 0.322 e. The number of carboxylic acid groups (broad SMARTS) is 2. The van der Waals surface area contributed by atoms with Crippen LogP contribution in [0.1, 0.15) is 12.0 Å². The topological polar surface area (TPSA) is 121 Å². The third kappa shape index (κ3) is 4.00. The fraction of sp³-hybridized carbons (Fsp3) is 0.273. The lowest BCUT2D eigenvalue weighted by Gasteiger charge is -2.13. The van der Waals surface area contributed by atoms with Gasteiger partial charge in [-0.25, -0.2) is 12.8 Å². The molecule has 0 spiro atoms. The largest absolute Gasteiger partial charge is 0.481 e. The highest BCUT2D eigenvalue weighted by molar-refractivity contribution is 7.89. The minimum atomic E-state index is -4.47. The third-order valence-electron chi connectivity index (χ3n) is 2.35. The van der Waals surface area contributed by atoms with Crippen LogP contribution in [0.2, 0.25) is 0 Å². The molecule has 0 aliphatic carbocycles. The van der Waals surface area contributed by atoms with Crippen molar-refractivity contribution < 1.29 is 32.6 Å². The summed E-state index contributed by atoms with van der Waals surface area (Å²) in [5, 5.41) is 17.3. The van der Waals surface area contributed by atoms with Crippen LogP contribution in [-0.4, -0.2) is 36.6 Å². The van der Waals surface area contributed by atoms with Gasteiger partial charge in [-0.05, 0) is 24.6 Å². The molecule has 0 fully saturated rings. The maximum atomic E-state index is 13.5. The molecule has 0 aliphatic rings. The van der Waals surface area contributed by atoms with Gasteiger partial charge in [-0.2, -0.15) is 4.72 Å². The van der Waals surface area contributed by atoms with Gasteiger partial charge in [0.1, 0.15) is 16.8 Å². The molecule has 3 N–H and O–H groups in total. The second-order valence-electron chi connectivity index (χ2n) is 4.04. The monoisotopic (exact) mass is 305 g/mol. The number of carbonyl (C=O) groups is 2. The van der Waals surface area contributed by atoms with E-state index in [0.29, 0.717) is 5.56 Å². The van der Waals surface area contributed by atoms with Gasteiger partial charge < -0.3 is 10.2 Å². The Labute approximate surface area is 114 Å². The molecule has 0 aliphatic heterocycles. The van der Waals surface area contributed by atoms with Gasteiger partial charge in [0.05, 0.1) is 6.42 Å². The highest BCUT2D eigenvalue weighted by Crippen LogP contribution is 2.16. The van der Waals surface area contributed by atoms with Crippen LogP contribution < -0.4 is 4.72 Å². The summed E-state index contributed by atoms with van der Waals surface area (Å²) in [6, 6.07) is 1.42. The number of sulfonamides is 1. The van der Waals surface area contributed by atoms with Gasteiger partial charge in [0, 0.05) is 0 Å². The highest BCUT2D eigenvalue weighted by atomic mass is 32.2. The van der Waals surface area contributed by atoms with Crippen molar-refractivity contribution in [1.29, 1.82) is 0 Å². The Bertz CT molecular complexity index is 642. The number of rotatable bonds is 6. The molecule has 0 heterocycles. The zero-order chi connectivity index (χ0) is 15.5. The lowest BCUT2D eigenvalue weighted by Crippen LogP contribution is -2.42. The van der Waals surface area contributed by atoms with Gasteiger partial charge in [0.2, 0.25) is 10.0 Å². The van der Waals surface area contributed by atoms with E-state index in [2.05, 4.69) is 0 Å². The van der Waals surface area contributed by atoms with Gasteiger partial charge in [0.15, 0.2) is 0 Å². The maximum Gasteiger partial charge on any atom is 0.322 e. The number of aliphatic carboxylic acids is 2. The van der Waals surface area contributed by atoms with E-state index in [0.717, 1.165) is 12.1 Å². The number of carboxylic acids is 2. The average Bonchev–Trinajstić information content (AvgIpc) is 2.30. The molecule has 0 unspecified atom stereocenters. The Morgan fingerprint density at radius 2 is 1.95 bits per heavy atom. The summed E-state index contributed by atoms with van der Waals surface area (Å²) in [5.74, 6) is -4.21. The Morgan fingerprint density at radius 3 is 2.45 bits per heavy atom. The van der Waals surface area contributed by atoms with Crippen molar-refractivity contribution in [3.05, 3.63) is 29.6 Å². The zero-order valence-corrected chi connectivity index (χ0v) is 11.1. The summed E-state index contributed by atoms with van der Waals surface area (Å²) in [6.07, 6.45) is -0.956. The van der Waals surface area contributed by atoms with Gasteiger partial charge in [-0.15, -0.1) is 0 Å². The van der Waals surface area contributed by atoms with Crippen molar-refractivity contribution in [2.24, 2.45) is 0 Å². The first-order chi connectivity index (χ1) is 9.13. The van der Waals surface area contributed by atoms with E-state index in [1.54, 1.807) is 4.72 Å². The molecule has 1 atom stereocenters. The fourth-order valence-electron chi connectivity index (χ4n) is 1.42. The van der Waals surface area contributed by atoms with E-state index in [1.165, 1.54) is 13.0 Å². The van der Waals surface area contributed by atoms with Crippen LogP contribution in [0.3, 0.4) is 0 Å². The Balaban J connectivity index is 3.12. The number of hydrogen-bond donors (Lipinski definition) is 3. The van der Waals surface area contributed by atoms with Crippen LogP contribution in [0.15, 0.2) is 23.1 Å². The van der Waals surface area contributed by atoms with Crippen molar-refractivity contribution in [3.63, 3.8) is 0 Å². The van der Waals surface area contributed by atoms with Crippen LogP contribution in [-0.2, 0) is 19.6 Å². The molecule has 0 amide bonds. The molecule has 0 aromatic heterocycles. The van der Waals surface area contributed by atoms with E-state index >= 15 is 0 Å². The minimum absolute atomic E-state index is 0.455. The lowest BCUT2D eigenvalue weighted by molar-refractivity contribution is -0.145. The predicted octanol–water partition coefficient (Wildman–Crippen LogP) is 0.340. The van der Waals surface area contributed by atoms with Crippen molar-refractivity contribution in [2.75, 3.05) is 0 Å². The molecular formula is C11H12FNO6S. The first-order valence-electron chi connectivity index (χ1n) is 5.36. The molecule has 7 nitrogen and oxygen atoms in total. The molecule has 0 saturated heterocycles. The van der Waals surface area contributed by atoms with Crippen LogP contribution in [0.5, 0.6) is 0 Å². The second kappa shape index (κ2) is 5.97. The molecule has 0 radical (unpaired) electrons. The summed E-state index contributed by atoms with van der Waals surface area (Å²) in [5.41, 5.74) is 0.455. The first-order valence-corrected chi connectivity index (χ1v) is 6.85. The minimum Gasteiger partial charge on any atom is -0.481 e. The van der Waals surface area contributed by atoms with Crippen LogP contribution in [0.25, 0.3) is 0 Å². The van der Waals surface area contributed by atoms with Gasteiger partial charge >= 0.3 is 11.9 Å². The number of nitrogens with one attached hydrogen (secondary N) is 1. The molecule has 110 valence electrons. The van der Waals surface area contributed by atoms with Gasteiger partial charge in [0.25, 0.3) is 0 Å². The highest BCUT2D eigenvalue weighted by Gasteiger charge is 2.29. The molecule has 1 aromatic carbocycles. The summed E-state index contributed by atoms with van der Waals surface area (Å²) in [6.45, 7) is 1.53. The van der Waals surface area contributed by atoms with Crippen molar-refractivity contribution in [1.82, 2.24) is 4.72 Å². The maximum absolute atomic E-state index is 13.5. The quantitative estimate of drug-likeness (QED) is 0.697. The molecule has 0 bridgehead atoms.